The Bertz CT molecular complexity index is 961. The van der Waals surface area contributed by atoms with Crippen LogP contribution in [0.3, 0.4) is 0 Å². The number of ether oxygens (including phenoxy) is 1. The molecule has 0 fully saturated rings. The van der Waals surface area contributed by atoms with Crippen LogP contribution in [0.15, 0.2) is 72.8 Å². The highest BCUT2D eigenvalue weighted by Crippen LogP contribution is 2.41. The maximum atomic E-state index is 5.95. The minimum atomic E-state index is 0.670. The molecule has 0 radical (unpaired) electrons. The molecule has 0 saturated heterocycles. The lowest BCUT2D eigenvalue weighted by molar-refractivity contribution is 0.110. The van der Waals surface area contributed by atoms with Gasteiger partial charge in [-0.3, -0.25) is 0 Å². The van der Waals surface area contributed by atoms with Gasteiger partial charge in [-0.2, -0.15) is 0 Å². The summed E-state index contributed by atoms with van der Waals surface area (Å²) >= 11 is 0. The van der Waals surface area contributed by atoms with E-state index in [1.54, 1.807) is 0 Å². The molecule has 0 spiro atoms. The van der Waals surface area contributed by atoms with Gasteiger partial charge in [-0.1, -0.05) is 72.8 Å². The molecule has 0 saturated carbocycles. The summed E-state index contributed by atoms with van der Waals surface area (Å²) in [5.41, 5.74) is 5.23. The Hall–Kier alpha value is -2.64. The Balaban J connectivity index is 2.01. The molecule has 0 unspecified atom stereocenters. The van der Waals surface area contributed by atoms with Gasteiger partial charge in [-0.15, -0.1) is 0 Å². The molecule has 1 heteroatoms. The molecule has 1 aliphatic rings. The highest BCUT2D eigenvalue weighted by Gasteiger charge is 2.19. The van der Waals surface area contributed by atoms with Crippen LogP contribution in [0.2, 0.25) is 0 Å². The summed E-state index contributed by atoms with van der Waals surface area (Å²) in [6, 6.07) is 26.1. The first kappa shape index (κ1) is 12.9. The summed E-state index contributed by atoms with van der Waals surface area (Å²) in [4.78, 5) is 0. The van der Waals surface area contributed by atoms with Crippen molar-refractivity contribution in [2.45, 2.75) is 13.2 Å². The molecule has 1 heterocycles. The lowest BCUT2D eigenvalue weighted by Gasteiger charge is -2.15. The van der Waals surface area contributed by atoms with Gasteiger partial charge < -0.3 is 4.74 Å². The molecule has 1 nitrogen and oxygen atoms in total. The van der Waals surface area contributed by atoms with Gasteiger partial charge in [-0.25, -0.2) is 0 Å². The Morgan fingerprint density at radius 2 is 1.00 bits per heavy atom. The molecule has 0 amide bonds. The van der Waals surface area contributed by atoms with Gasteiger partial charge in [0.1, 0.15) is 0 Å². The van der Waals surface area contributed by atoms with Crippen molar-refractivity contribution in [1.29, 1.82) is 0 Å². The fourth-order valence-corrected chi connectivity index (χ4v) is 3.74. The number of fused-ring (bicyclic) bond motifs is 7. The van der Waals surface area contributed by atoms with Crippen LogP contribution in [0, 0.1) is 0 Å². The Labute approximate surface area is 135 Å². The van der Waals surface area contributed by atoms with Crippen molar-refractivity contribution in [1.82, 2.24) is 0 Å². The van der Waals surface area contributed by atoms with E-state index in [9.17, 15) is 0 Å². The minimum absolute atomic E-state index is 0.670. The largest absolute Gasteiger partial charge is 0.372 e. The summed E-state index contributed by atoms with van der Waals surface area (Å²) in [6.45, 7) is 1.34. The van der Waals surface area contributed by atoms with Crippen LogP contribution in [0.4, 0.5) is 0 Å². The first-order valence-corrected chi connectivity index (χ1v) is 8.01. The van der Waals surface area contributed by atoms with Gasteiger partial charge in [-0.05, 0) is 43.8 Å². The first-order chi connectivity index (χ1) is 11.4. The molecule has 0 aliphatic carbocycles. The van der Waals surface area contributed by atoms with Gasteiger partial charge in [0.2, 0.25) is 0 Å². The predicted octanol–water partition coefficient (Wildman–Crippen LogP) is 5.69. The standard InChI is InChI=1S/C22H16O/c1-3-7-19-15(5-1)9-11-17-13-23-14-18-12-10-16-6-2-4-8-20(16)22(18)21(17)19/h1-12H,13-14H2. The second-order valence-corrected chi connectivity index (χ2v) is 6.13. The SMILES string of the molecule is c1ccc2c3c(ccc2c1)COCc1ccc2ccccc2c1-3. The number of rotatable bonds is 0. The fourth-order valence-electron chi connectivity index (χ4n) is 3.74. The minimum Gasteiger partial charge on any atom is -0.372 e. The zero-order chi connectivity index (χ0) is 15.2. The van der Waals surface area contributed by atoms with Gasteiger partial charge in [0.25, 0.3) is 0 Å². The van der Waals surface area contributed by atoms with E-state index in [0.29, 0.717) is 13.2 Å². The summed E-state index contributed by atoms with van der Waals surface area (Å²) < 4.78 is 5.95. The highest BCUT2D eigenvalue weighted by molar-refractivity contribution is 6.07. The smallest absolute Gasteiger partial charge is 0.0727 e. The van der Waals surface area contributed by atoms with Crippen LogP contribution in [-0.2, 0) is 18.0 Å². The second kappa shape index (κ2) is 4.94. The van der Waals surface area contributed by atoms with E-state index in [4.69, 9.17) is 4.74 Å². The molecule has 1 aliphatic heterocycles. The maximum absolute atomic E-state index is 5.95. The molecule has 23 heavy (non-hydrogen) atoms. The van der Waals surface area contributed by atoms with E-state index in [1.165, 1.54) is 43.8 Å². The second-order valence-electron chi connectivity index (χ2n) is 6.13. The van der Waals surface area contributed by atoms with Crippen molar-refractivity contribution < 1.29 is 4.74 Å². The van der Waals surface area contributed by atoms with Crippen LogP contribution >= 0.6 is 0 Å². The van der Waals surface area contributed by atoms with Crippen LogP contribution < -0.4 is 0 Å². The van der Waals surface area contributed by atoms with E-state index in [1.807, 2.05) is 0 Å². The van der Waals surface area contributed by atoms with Crippen molar-refractivity contribution in [3.05, 3.63) is 83.9 Å². The molecule has 0 aromatic heterocycles. The lowest BCUT2D eigenvalue weighted by Crippen LogP contribution is -1.92. The third kappa shape index (κ3) is 1.90. The number of benzene rings is 4. The lowest BCUT2D eigenvalue weighted by atomic mass is 9.88. The first-order valence-electron chi connectivity index (χ1n) is 8.01. The number of hydrogen-bond acceptors (Lipinski definition) is 1. The van der Waals surface area contributed by atoms with Gasteiger partial charge in [0.15, 0.2) is 0 Å². The molecule has 0 atom stereocenters. The molecule has 4 aromatic rings. The third-order valence-corrected chi connectivity index (χ3v) is 4.80. The molecule has 0 N–H and O–H groups in total. The molecular formula is C22H16O. The molecule has 4 aromatic carbocycles. The number of hydrogen-bond donors (Lipinski definition) is 0. The van der Waals surface area contributed by atoms with E-state index >= 15 is 0 Å². The topological polar surface area (TPSA) is 9.23 Å². The fraction of sp³-hybridized carbons (Fsp3) is 0.0909. The quantitative estimate of drug-likeness (QED) is 0.405. The average molecular weight is 296 g/mol. The maximum Gasteiger partial charge on any atom is 0.0727 e. The predicted molar refractivity (Wildman–Crippen MR) is 95.4 cm³/mol. The molecule has 5 rings (SSSR count). The van der Waals surface area contributed by atoms with Crippen LogP contribution in [0.25, 0.3) is 32.7 Å². The molecule has 0 bridgehead atoms. The van der Waals surface area contributed by atoms with Crippen LogP contribution in [0.5, 0.6) is 0 Å². The summed E-state index contributed by atoms with van der Waals surface area (Å²) in [5.74, 6) is 0. The van der Waals surface area contributed by atoms with Crippen molar-refractivity contribution in [3.63, 3.8) is 0 Å². The Kier molecular flexibility index (Phi) is 2.76. The van der Waals surface area contributed by atoms with E-state index < -0.39 is 0 Å². The zero-order valence-corrected chi connectivity index (χ0v) is 12.8. The van der Waals surface area contributed by atoms with Gasteiger partial charge in [0, 0.05) is 0 Å². The third-order valence-electron chi connectivity index (χ3n) is 4.80. The summed E-state index contributed by atoms with van der Waals surface area (Å²) in [6.07, 6.45) is 0. The van der Waals surface area contributed by atoms with Crippen LogP contribution in [-0.4, -0.2) is 0 Å². The van der Waals surface area contributed by atoms with Gasteiger partial charge in [0.05, 0.1) is 13.2 Å². The van der Waals surface area contributed by atoms with Crippen molar-refractivity contribution in [2.24, 2.45) is 0 Å². The van der Waals surface area contributed by atoms with Gasteiger partial charge >= 0.3 is 0 Å². The Morgan fingerprint density at radius 3 is 1.52 bits per heavy atom. The normalized spacial score (nSPS) is 13.6. The Morgan fingerprint density at radius 1 is 0.522 bits per heavy atom. The van der Waals surface area contributed by atoms with E-state index in [-0.39, 0.29) is 0 Å². The average Bonchev–Trinajstić information content (AvgIpc) is 2.81. The highest BCUT2D eigenvalue weighted by atomic mass is 16.5. The monoisotopic (exact) mass is 296 g/mol. The van der Waals surface area contributed by atoms with Crippen molar-refractivity contribution in [2.75, 3.05) is 0 Å². The zero-order valence-electron chi connectivity index (χ0n) is 12.8. The summed E-state index contributed by atoms with van der Waals surface area (Å²) in [5, 5.41) is 5.19. The van der Waals surface area contributed by atoms with Crippen LogP contribution in [0.1, 0.15) is 11.1 Å². The molecule has 110 valence electrons. The molecular weight excluding hydrogens is 280 g/mol. The summed E-state index contributed by atoms with van der Waals surface area (Å²) in [7, 11) is 0. The van der Waals surface area contributed by atoms with E-state index in [2.05, 4.69) is 72.8 Å². The van der Waals surface area contributed by atoms with E-state index in [0.717, 1.165) is 0 Å². The van der Waals surface area contributed by atoms with Crippen molar-refractivity contribution >= 4 is 21.5 Å². The van der Waals surface area contributed by atoms with Crippen molar-refractivity contribution in [3.8, 4) is 11.1 Å².